The molecule has 0 saturated carbocycles. The molecule has 2 heterocycles. The first-order chi connectivity index (χ1) is 15.0. The van der Waals surface area contributed by atoms with E-state index >= 15 is 0 Å². The van der Waals surface area contributed by atoms with Gasteiger partial charge in [0.2, 0.25) is 0 Å². The monoisotopic (exact) mass is 416 g/mol. The average Bonchev–Trinajstić information content (AvgIpc) is 3.26. The number of nitrogens with zero attached hydrogens (tertiary/aromatic N) is 3. The second-order valence-electron chi connectivity index (χ2n) is 7.38. The minimum Gasteiger partial charge on any atom is -0.619 e. The molecule has 0 aliphatic heterocycles. The van der Waals surface area contributed by atoms with Crippen LogP contribution < -0.4 is 9.47 Å². The van der Waals surface area contributed by atoms with Crippen LogP contribution in [0.25, 0.3) is 22.0 Å². The van der Waals surface area contributed by atoms with Gasteiger partial charge in [-0.25, -0.2) is 0 Å². The molecule has 0 saturated heterocycles. The second-order valence-corrected chi connectivity index (χ2v) is 7.38. The van der Waals surface area contributed by atoms with Crippen molar-refractivity contribution in [3.8, 4) is 16.9 Å². The summed E-state index contributed by atoms with van der Waals surface area (Å²) in [4.78, 5) is 14.9. The van der Waals surface area contributed by atoms with Gasteiger partial charge in [0.25, 0.3) is 5.91 Å². The number of hydrogen-bond donors (Lipinski definition) is 1. The molecule has 0 radical (unpaired) electrons. The smallest absolute Gasteiger partial charge is 0.254 e. The fourth-order valence-electron chi connectivity index (χ4n) is 3.69. The molecule has 1 atom stereocenters. The Morgan fingerprint density at radius 3 is 2.74 bits per heavy atom. The van der Waals surface area contributed by atoms with Crippen LogP contribution in [0.3, 0.4) is 0 Å². The van der Waals surface area contributed by atoms with Gasteiger partial charge in [-0.2, -0.15) is 9.83 Å². The van der Waals surface area contributed by atoms with Crippen molar-refractivity contribution in [2.75, 3.05) is 13.7 Å². The van der Waals surface area contributed by atoms with E-state index in [-0.39, 0.29) is 11.9 Å². The van der Waals surface area contributed by atoms with Crippen molar-refractivity contribution in [1.82, 2.24) is 15.1 Å². The molecule has 1 N–H and O–H groups in total. The standard InChI is InChI=1S/C24H24N4O3/c1-4-31-22-12-18(10-11-20(22)17-8-6-5-7-9-17)24(29)27(3)16(2)21-15-28(30)14-19-13-25-26-23(19)21/h5-16H,4H2,1-3H3,(H,25,26). The Bertz CT molecular complexity index is 1220. The van der Waals surface area contributed by atoms with Crippen molar-refractivity contribution < 1.29 is 14.3 Å². The average molecular weight is 416 g/mol. The molecule has 158 valence electrons. The van der Waals surface area contributed by atoms with E-state index in [1.165, 1.54) is 12.4 Å². The summed E-state index contributed by atoms with van der Waals surface area (Å²) in [5, 5.41) is 19.7. The molecule has 0 aliphatic carbocycles. The molecule has 1 amide bonds. The van der Waals surface area contributed by atoms with Gasteiger partial charge in [0.15, 0.2) is 12.4 Å². The summed E-state index contributed by atoms with van der Waals surface area (Å²) >= 11 is 0. The van der Waals surface area contributed by atoms with E-state index in [4.69, 9.17) is 4.74 Å². The summed E-state index contributed by atoms with van der Waals surface area (Å²) in [6.07, 6.45) is 4.52. The van der Waals surface area contributed by atoms with Gasteiger partial charge in [0, 0.05) is 18.2 Å². The molecule has 31 heavy (non-hydrogen) atoms. The molecule has 7 nitrogen and oxygen atoms in total. The van der Waals surface area contributed by atoms with Gasteiger partial charge in [-0.15, -0.1) is 0 Å². The lowest BCUT2D eigenvalue weighted by Crippen LogP contribution is -2.32. The maximum atomic E-state index is 13.3. The van der Waals surface area contributed by atoms with E-state index in [0.29, 0.717) is 28.9 Å². The topological polar surface area (TPSA) is 85.2 Å². The third-order valence-electron chi connectivity index (χ3n) is 5.45. The summed E-state index contributed by atoms with van der Waals surface area (Å²) in [7, 11) is 1.73. The third-order valence-corrected chi connectivity index (χ3v) is 5.45. The van der Waals surface area contributed by atoms with E-state index in [1.54, 1.807) is 30.3 Å². The van der Waals surface area contributed by atoms with Crippen molar-refractivity contribution in [2.24, 2.45) is 0 Å². The molecule has 0 bridgehead atoms. The zero-order valence-corrected chi connectivity index (χ0v) is 17.7. The lowest BCUT2D eigenvalue weighted by Gasteiger charge is -2.25. The summed E-state index contributed by atoms with van der Waals surface area (Å²) in [5.41, 5.74) is 3.92. The number of aromatic amines is 1. The summed E-state index contributed by atoms with van der Waals surface area (Å²) < 4.78 is 6.58. The van der Waals surface area contributed by atoms with Crippen molar-refractivity contribution in [3.05, 3.63) is 83.5 Å². The largest absolute Gasteiger partial charge is 0.619 e. The highest BCUT2D eigenvalue weighted by atomic mass is 16.5. The van der Waals surface area contributed by atoms with E-state index in [0.717, 1.165) is 21.4 Å². The predicted molar refractivity (Wildman–Crippen MR) is 119 cm³/mol. The number of amides is 1. The molecule has 4 rings (SSSR count). The van der Waals surface area contributed by atoms with Gasteiger partial charge in [0.1, 0.15) is 5.75 Å². The maximum absolute atomic E-state index is 13.3. The number of fused-ring (bicyclic) bond motifs is 1. The molecule has 1 unspecified atom stereocenters. The Morgan fingerprint density at radius 2 is 2.00 bits per heavy atom. The van der Waals surface area contributed by atoms with Crippen LogP contribution in [-0.2, 0) is 0 Å². The first-order valence-electron chi connectivity index (χ1n) is 10.1. The highest BCUT2D eigenvalue weighted by Crippen LogP contribution is 2.32. The number of H-pyrrole nitrogens is 1. The molecule has 2 aromatic heterocycles. The number of benzene rings is 2. The van der Waals surface area contributed by atoms with E-state index in [2.05, 4.69) is 10.2 Å². The van der Waals surface area contributed by atoms with Gasteiger partial charge >= 0.3 is 0 Å². The number of ether oxygens (including phenoxy) is 1. The second kappa shape index (κ2) is 8.47. The van der Waals surface area contributed by atoms with Crippen LogP contribution in [0.2, 0.25) is 0 Å². The molecular formula is C24H24N4O3. The fraction of sp³-hybridized carbons (Fsp3) is 0.208. The highest BCUT2D eigenvalue weighted by molar-refractivity contribution is 5.96. The quantitative estimate of drug-likeness (QED) is 0.379. The molecule has 2 aromatic carbocycles. The Hall–Kier alpha value is -3.87. The van der Waals surface area contributed by atoms with E-state index in [9.17, 15) is 10.0 Å². The minimum atomic E-state index is -0.346. The minimum absolute atomic E-state index is 0.165. The van der Waals surface area contributed by atoms with Crippen LogP contribution >= 0.6 is 0 Å². The Balaban J connectivity index is 1.67. The SMILES string of the molecule is CCOc1cc(C(=O)N(C)C(C)c2c[n+]([O-])cc3cn[nH]c23)ccc1-c1ccccc1. The number of nitrogens with one attached hydrogen (secondary N) is 1. The molecular weight excluding hydrogens is 392 g/mol. The Kier molecular flexibility index (Phi) is 5.58. The van der Waals surface area contributed by atoms with Crippen LogP contribution in [0.5, 0.6) is 5.75 Å². The first kappa shape index (κ1) is 20.4. The number of aromatic nitrogens is 3. The Morgan fingerprint density at radius 1 is 1.23 bits per heavy atom. The van der Waals surface area contributed by atoms with Crippen molar-refractivity contribution >= 4 is 16.8 Å². The first-order valence-corrected chi connectivity index (χ1v) is 10.1. The highest BCUT2D eigenvalue weighted by Gasteiger charge is 2.24. The zero-order chi connectivity index (χ0) is 22.0. The number of pyridine rings is 1. The number of carbonyl (C=O) groups excluding carboxylic acids is 1. The number of carbonyl (C=O) groups is 1. The van der Waals surface area contributed by atoms with Gasteiger partial charge in [-0.05, 0) is 37.6 Å². The molecule has 4 aromatic rings. The van der Waals surface area contributed by atoms with E-state index in [1.807, 2.05) is 50.2 Å². The van der Waals surface area contributed by atoms with Gasteiger partial charge in [0.05, 0.1) is 35.3 Å². The summed E-state index contributed by atoms with van der Waals surface area (Å²) in [6, 6.07) is 15.1. The summed E-state index contributed by atoms with van der Waals surface area (Å²) in [6.45, 7) is 4.30. The van der Waals surface area contributed by atoms with Crippen LogP contribution in [0.15, 0.2) is 67.1 Å². The zero-order valence-electron chi connectivity index (χ0n) is 17.7. The van der Waals surface area contributed by atoms with Gasteiger partial charge in [-0.3, -0.25) is 9.89 Å². The molecule has 0 aliphatic rings. The normalized spacial score (nSPS) is 12.0. The summed E-state index contributed by atoms with van der Waals surface area (Å²) in [5.74, 6) is 0.496. The molecule has 0 fully saturated rings. The van der Waals surface area contributed by atoms with Crippen LogP contribution in [0.1, 0.15) is 35.8 Å². The van der Waals surface area contributed by atoms with Crippen LogP contribution in [0.4, 0.5) is 0 Å². The van der Waals surface area contributed by atoms with Gasteiger partial charge < -0.3 is 14.8 Å². The molecule has 7 heteroatoms. The number of hydrogen-bond acceptors (Lipinski definition) is 4. The Labute approximate surface area is 180 Å². The van der Waals surface area contributed by atoms with Gasteiger partial charge in [-0.1, -0.05) is 30.3 Å². The van der Waals surface area contributed by atoms with E-state index < -0.39 is 0 Å². The maximum Gasteiger partial charge on any atom is 0.254 e. The third kappa shape index (κ3) is 3.94. The lowest BCUT2D eigenvalue weighted by atomic mass is 10.0. The van der Waals surface area contributed by atoms with Crippen LogP contribution in [0, 0.1) is 5.21 Å². The van der Waals surface area contributed by atoms with Crippen molar-refractivity contribution in [1.29, 1.82) is 0 Å². The number of rotatable bonds is 6. The molecule has 0 spiro atoms. The van der Waals surface area contributed by atoms with Crippen molar-refractivity contribution in [3.63, 3.8) is 0 Å². The predicted octanol–water partition coefficient (Wildman–Crippen LogP) is 4.10. The fourth-order valence-corrected chi connectivity index (χ4v) is 3.69. The van der Waals surface area contributed by atoms with Crippen molar-refractivity contribution in [2.45, 2.75) is 19.9 Å². The van der Waals surface area contributed by atoms with Crippen LogP contribution in [-0.4, -0.2) is 34.7 Å². The lowest BCUT2D eigenvalue weighted by molar-refractivity contribution is -0.604.